The largest absolute Gasteiger partial charge is 0.385 e. The van der Waals surface area contributed by atoms with Crippen LogP contribution in [-0.2, 0) is 0 Å². The van der Waals surface area contributed by atoms with E-state index in [1.807, 2.05) is 18.2 Å². The van der Waals surface area contributed by atoms with Crippen LogP contribution in [0.15, 0.2) is 95.4 Å². The molecule has 1 atom stereocenters. The summed E-state index contributed by atoms with van der Waals surface area (Å²) in [6.45, 7) is 10.1. The van der Waals surface area contributed by atoms with Crippen molar-refractivity contribution < 1.29 is 0 Å². The lowest BCUT2D eigenvalue weighted by molar-refractivity contribution is 0.634. The highest BCUT2D eigenvalue weighted by molar-refractivity contribution is 6.17. The molecule has 0 amide bonds. The van der Waals surface area contributed by atoms with E-state index in [0.29, 0.717) is 6.54 Å². The molecule has 3 aromatic carbocycles. The molecule has 0 aromatic heterocycles. The highest BCUT2D eigenvalue weighted by atomic mass is 15.0. The molecule has 1 aliphatic heterocycles. The SMILES string of the molecule is C=C(NCCC)c1ccc(NC(CCCC)c2ccc(C3=NC(c4ccccc4)=NC3)cc2)cc1. The van der Waals surface area contributed by atoms with E-state index >= 15 is 0 Å². The highest BCUT2D eigenvalue weighted by Gasteiger charge is 2.16. The molecule has 0 aliphatic carbocycles. The predicted octanol–water partition coefficient (Wildman–Crippen LogP) is 7.25. The second kappa shape index (κ2) is 12.2. The Morgan fingerprint density at radius 2 is 1.63 bits per heavy atom. The zero-order valence-electron chi connectivity index (χ0n) is 20.9. The Kier molecular flexibility index (Phi) is 8.50. The molecule has 0 bridgehead atoms. The second-order valence-corrected chi connectivity index (χ2v) is 9.01. The normalized spacial score (nSPS) is 13.7. The Bertz CT molecular complexity index is 1160. The lowest BCUT2D eigenvalue weighted by Crippen LogP contribution is -2.13. The van der Waals surface area contributed by atoms with E-state index < -0.39 is 0 Å². The van der Waals surface area contributed by atoms with Gasteiger partial charge in [-0.15, -0.1) is 0 Å². The van der Waals surface area contributed by atoms with Crippen molar-refractivity contribution in [1.82, 2.24) is 5.32 Å². The molecule has 4 heteroatoms. The molecule has 180 valence electrons. The van der Waals surface area contributed by atoms with Gasteiger partial charge in [-0.1, -0.05) is 100.0 Å². The van der Waals surface area contributed by atoms with Crippen LogP contribution in [0.3, 0.4) is 0 Å². The molecule has 1 unspecified atom stereocenters. The molecule has 0 spiro atoms. The molecule has 2 N–H and O–H groups in total. The third kappa shape index (κ3) is 6.48. The molecule has 4 nitrogen and oxygen atoms in total. The van der Waals surface area contributed by atoms with Gasteiger partial charge in [0.2, 0.25) is 0 Å². The summed E-state index contributed by atoms with van der Waals surface area (Å²) in [4.78, 5) is 9.44. The maximum absolute atomic E-state index is 4.80. The van der Waals surface area contributed by atoms with E-state index in [0.717, 1.165) is 59.0 Å². The smallest absolute Gasteiger partial charge is 0.155 e. The fourth-order valence-electron chi connectivity index (χ4n) is 4.23. The number of amidine groups is 1. The molecule has 0 fully saturated rings. The minimum atomic E-state index is 0.262. The van der Waals surface area contributed by atoms with Crippen molar-refractivity contribution in [2.75, 3.05) is 18.4 Å². The zero-order chi connectivity index (χ0) is 24.5. The summed E-state index contributed by atoms with van der Waals surface area (Å²) in [6, 6.07) is 27.8. The standard InChI is InChI=1S/C31H36N4/c1-4-6-12-29(34-28-19-17-24(18-20-28)23(3)32-21-5-2)25-13-15-26(16-14-25)30-22-33-31(35-30)27-10-8-7-9-11-27/h7-11,13-20,29,32,34H,3-6,12,21-22H2,1-2H3. The number of nitrogens with one attached hydrogen (secondary N) is 2. The van der Waals surface area contributed by atoms with E-state index in [1.54, 1.807) is 0 Å². The second-order valence-electron chi connectivity index (χ2n) is 9.01. The molecule has 4 rings (SSSR count). The summed E-state index contributed by atoms with van der Waals surface area (Å²) < 4.78 is 0. The van der Waals surface area contributed by atoms with Gasteiger partial charge in [0, 0.05) is 23.5 Å². The van der Waals surface area contributed by atoms with Gasteiger partial charge in [-0.25, -0.2) is 4.99 Å². The predicted molar refractivity (Wildman–Crippen MR) is 150 cm³/mol. The van der Waals surface area contributed by atoms with Crippen molar-refractivity contribution in [3.63, 3.8) is 0 Å². The number of benzene rings is 3. The Hall–Kier alpha value is -3.66. The first-order valence-corrected chi connectivity index (χ1v) is 12.8. The first-order chi connectivity index (χ1) is 17.2. The van der Waals surface area contributed by atoms with Gasteiger partial charge in [-0.3, -0.25) is 4.99 Å². The Morgan fingerprint density at radius 1 is 0.886 bits per heavy atom. The van der Waals surface area contributed by atoms with Crippen LogP contribution in [-0.4, -0.2) is 24.6 Å². The van der Waals surface area contributed by atoms with Crippen molar-refractivity contribution in [1.29, 1.82) is 0 Å². The Labute approximate surface area is 209 Å². The van der Waals surface area contributed by atoms with E-state index in [2.05, 4.69) is 96.7 Å². The van der Waals surface area contributed by atoms with Crippen molar-refractivity contribution in [3.05, 3.63) is 108 Å². The summed E-state index contributed by atoms with van der Waals surface area (Å²) in [5.41, 5.74) is 7.77. The van der Waals surface area contributed by atoms with Crippen LogP contribution in [0.2, 0.25) is 0 Å². The topological polar surface area (TPSA) is 48.8 Å². The average molecular weight is 465 g/mol. The minimum Gasteiger partial charge on any atom is -0.385 e. The van der Waals surface area contributed by atoms with Crippen LogP contribution in [0.5, 0.6) is 0 Å². The van der Waals surface area contributed by atoms with Gasteiger partial charge in [-0.05, 0) is 41.7 Å². The molecule has 0 saturated carbocycles. The van der Waals surface area contributed by atoms with Crippen LogP contribution in [0, 0.1) is 0 Å². The van der Waals surface area contributed by atoms with Crippen LogP contribution < -0.4 is 10.6 Å². The summed E-state index contributed by atoms with van der Waals surface area (Å²) >= 11 is 0. The number of unbranched alkanes of at least 4 members (excludes halogenated alkanes) is 1. The van der Waals surface area contributed by atoms with Gasteiger partial charge in [-0.2, -0.15) is 0 Å². The van der Waals surface area contributed by atoms with Crippen LogP contribution in [0.1, 0.15) is 67.8 Å². The average Bonchev–Trinajstić information content (AvgIpc) is 3.41. The molecule has 0 radical (unpaired) electrons. The minimum absolute atomic E-state index is 0.262. The Balaban J connectivity index is 1.45. The van der Waals surface area contributed by atoms with Crippen LogP contribution in [0.25, 0.3) is 5.70 Å². The van der Waals surface area contributed by atoms with Gasteiger partial charge in [0.15, 0.2) is 5.84 Å². The molecule has 35 heavy (non-hydrogen) atoms. The van der Waals surface area contributed by atoms with E-state index in [9.17, 15) is 0 Å². The number of rotatable bonds is 12. The van der Waals surface area contributed by atoms with Gasteiger partial charge < -0.3 is 10.6 Å². The number of hydrogen-bond donors (Lipinski definition) is 2. The summed E-state index contributed by atoms with van der Waals surface area (Å²) in [5, 5.41) is 7.12. The molecule has 0 saturated heterocycles. The summed E-state index contributed by atoms with van der Waals surface area (Å²) in [6.07, 6.45) is 4.53. The van der Waals surface area contributed by atoms with E-state index in [-0.39, 0.29) is 6.04 Å². The molecule has 1 heterocycles. The molecular weight excluding hydrogens is 428 g/mol. The number of aliphatic imine (C=N–C) groups is 2. The maximum atomic E-state index is 4.80. The van der Waals surface area contributed by atoms with Gasteiger partial charge in [0.05, 0.1) is 18.3 Å². The van der Waals surface area contributed by atoms with Gasteiger partial charge in [0.25, 0.3) is 0 Å². The van der Waals surface area contributed by atoms with Crippen molar-refractivity contribution >= 4 is 22.9 Å². The number of nitrogens with zero attached hydrogens (tertiary/aromatic N) is 2. The van der Waals surface area contributed by atoms with E-state index in [1.165, 1.54) is 18.4 Å². The van der Waals surface area contributed by atoms with Crippen LogP contribution in [0.4, 0.5) is 5.69 Å². The summed E-state index contributed by atoms with van der Waals surface area (Å²) in [5.74, 6) is 0.822. The monoisotopic (exact) mass is 464 g/mol. The lowest BCUT2D eigenvalue weighted by atomic mass is 9.98. The number of anilines is 1. The fraction of sp³-hybridized carbons (Fsp3) is 0.290. The maximum Gasteiger partial charge on any atom is 0.155 e. The van der Waals surface area contributed by atoms with Crippen molar-refractivity contribution in [3.8, 4) is 0 Å². The fourth-order valence-corrected chi connectivity index (χ4v) is 4.23. The summed E-state index contributed by atoms with van der Waals surface area (Å²) in [7, 11) is 0. The van der Waals surface area contributed by atoms with Crippen molar-refractivity contribution in [2.24, 2.45) is 9.98 Å². The number of hydrogen-bond acceptors (Lipinski definition) is 4. The third-order valence-corrected chi connectivity index (χ3v) is 6.31. The van der Waals surface area contributed by atoms with Crippen LogP contribution >= 0.6 is 0 Å². The molecule has 3 aromatic rings. The van der Waals surface area contributed by atoms with Gasteiger partial charge in [0.1, 0.15) is 0 Å². The van der Waals surface area contributed by atoms with Gasteiger partial charge >= 0.3 is 0 Å². The molecular formula is C31H36N4. The zero-order valence-corrected chi connectivity index (χ0v) is 20.9. The first kappa shape index (κ1) is 24.5. The first-order valence-electron chi connectivity index (χ1n) is 12.8. The molecule has 1 aliphatic rings. The quantitative estimate of drug-likeness (QED) is 0.296. The third-order valence-electron chi connectivity index (χ3n) is 6.31. The lowest BCUT2D eigenvalue weighted by Gasteiger charge is -2.21. The van der Waals surface area contributed by atoms with Crippen molar-refractivity contribution in [2.45, 2.75) is 45.6 Å². The highest BCUT2D eigenvalue weighted by Crippen LogP contribution is 2.26. The Morgan fingerprint density at radius 3 is 2.31 bits per heavy atom. The van der Waals surface area contributed by atoms with E-state index in [4.69, 9.17) is 4.99 Å².